The number of hydrogen-bond acceptors (Lipinski definition) is 18. The summed E-state index contributed by atoms with van der Waals surface area (Å²) in [6.07, 6.45) is -0.458. The number of benzene rings is 4. The zero-order chi connectivity index (χ0) is 59.2. The number of fused-ring (bicyclic) bond motifs is 2. The molecule has 6 N–H and O–H groups in total. The van der Waals surface area contributed by atoms with Gasteiger partial charge in [-0.05, 0) is 95.0 Å². The molecular formula is C60H72Cl4N10O10. The molecule has 2 amide bonds. The monoisotopic (exact) mass is 1230 g/mol. The average Bonchev–Trinajstić information content (AvgIpc) is 2.21. The molecule has 0 radical (unpaired) electrons. The first kappa shape index (κ1) is 64.3. The van der Waals surface area contributed by atoms with Crippen molar-refractivity contribution in [2.45, 2.75) is 37.1 Å². The summed E-state index contributed by atoms with van der Waals surface area (Å²) in [4.78, 5) is 29.2. The Bertz CT molecular complexity index is 2900. The van der Waals surface area contributed by atoms with Crippen molar-refractivity contribution in [3.05, 3.63) is 151 Å². The van der Waals surface area contributed by atoms with Crippen LogP contribution >= 0.6 is 46.4 Å². The molecule has 2 aliphatic heterocycles. The fourth-order valence-corrected chi connectivity index (χ4v) is 11.1. The van der Waals surface area contributed by atoms with Crippen molar-refractivity contribution in [1.29, 1.82) is 0 Å². The SMILES string of the molecule is CN1Cc2c(Cl)cc(Cl)cc2[C@H](c2cccc(-c3cnnc(NCCOCCOCCOCCNC(=O)[C@H](O)[C@@H](O)C(=O)NCCOCCOCCOCCNc4cc(-c5cccc([C@@H]6CN(C)Cc7c(Cl)cc(Cl)cc76)c5)cnn4)c3)c2)C1. The van der Waals surface area contributed by atoms with E-state index >= 15 is 0 Å². The minimum Gasteiger partial charge on any atom is -0.380 e. The number of carbonyl (C=O) groups is 2. The van der Waals surface area contributed by atoms with Gasteiger partial charge in [-0.15, -0.1) is 10.2 Å². The van der Waals surface area contributed by atoms with Crippen molar-refractivity contribution in [3.8, 4) is 22.3 Å². The second kappa shape index (κ2) is 33.3. The highest BCUT2D eigenvalue weighted by Gasteiger charge is 2.31. The van der Waals surface area contributed by atoms with Crippen LogP contribution < -0.4 is 21.3 Å². The molecule has 4 atom stereocenters. The van der Waals surface area contributed by atoms with Gasteiger partial charge in [0.05, 0.1) is 91.7 Å². The number of likely N-dealkylation sites (N-methyl/N-ethyl adjacent to an activating group) is 2. The van der Waals surface area contributed by atoms with Crippen LogP contribution in [0.3, 0.4) is 0 Å². The smallest absolute Gasteiger partial charge is 0.252 e. The highest BCUT2D eigenvalue weighted by Crippen LogP contribution is 2.41. The molecule has 0 aliphatic carbocycles. The third-order valence-corrected chi connectivity index (χ3v) is 15.2. The molecule has 0 unspecified atom stereocenters. The van der Waals surface area contributed by atoms with E-state index in [1.807, 2.05) is 24.3 Å². The summed E-state index contributed by atoms with van der Waals surface area (Å²) in [6, 6.07) is 28.4. The molecule has 24 heteroatoms. The van der Waals surface area contributed by atoms with Gasteiger partial charge >= 0.3 is 0 Å². The van der Waals surface area contributed by atoms with Gasteiger partial charge in [0.2, 0.25) is 0 Å². The molecule has 8 rings (SSSR count). The summed E-state index contributed by atoms with van der Waals surface area (Å²) >= 11 is 26.1. The Morgan fingerprint density at radius 3 is 1.27 bits per heavy atom. The number of nitrogens with one attached hydrogen (secondary N) is 4. The highest BCUT2D eigenvalue weighted by atomic mass is 35.5. The lowest BCUT2D eigenvalue weighted by molar-refractivity contribution is -0.146. The van der Waals surface area contributed by atoms with Crippen LogP contribution in [0.4, 0.5) is 11.6 Å². The zero-order valence-electron chi connectivity index (χ0n) is 47.0. The van der Waals surface area contributed by atoms with E-state index in [1.165, 1.54) is 0 Å². The summed E-state index contributed by atoms with van der Waals surface area (Å²) in [5, 5.41) is 51.4. The zero-order valence-corrected chi connectivity index (χ0v) is 50.1. The number of ether oxygens (including phenoxy) is 6. The van der Waals surface area contributed by atoms with Crippen molar-refractivity contribution in [2.24, 2.45) is 0 Å². The summed E-state index contributed by atoms with van der Waals surface area (Å²) in [6.45, 7) is 8.00. The maximum Gasteiger partial charge on any atom is 0.252 e. The molecule has 2 aliphatic rings. The Hall–Kier alpha value is -5.66. The van der Waals surface area contributed by atoms with E-state index in [9.17, 15) is 19.8 Å². The maximum atomic E-state index is 12.3. The van der Waals surface area contributed by atoms with Gasteiger partial charge in [0.1, 0.15) is 11.6 Å². The van der Waals surface area contributed by atoms with E-state index in [0.717, 1.165) is 81.8 Å². The third-order valence-electron chi connectivity index (χ3n) is 14.1. The van der Waals surface area contributed by atoms with Crippen LogP contribution in [-0.2, 0) is 51.1 Å². The van der Waals surface area contributed by atoms with E-state index < -0.39 is 24.0 Å². The second-order valence-electron chi connectivity index (χ2n) is 20.3. The van der Waals surface area contributed by atoms with E-state index in [1.54, 1.807) is 24.5 Å². The number of aliphatic hydroxyl groups is 2. The Morgan fingerprint density at radius 1 is 0.512 bits per heavy atom. The third kappa shape index (κ3) is 19.2. The number of carbonyl (C=O) groups excluding carboxylic acids is 2. The van der Waals surface area contributed by atoms with Gasteiger partial charge in [0, 0.05) is 95.4 Å². The lowest BCUT2D eigenvalue weighted by Crippen LogP contribution is -2.50. The van der Waals surface area contributed by atoms with Gasteiger partial charge in [-0.1, -0.05) is 94.9 Å². The van der Waals surface area contributed by atoms with Crippen molar-refractivity contribution in [3.63, 3.8) is 0 Å². The molecule has 6 aromatic rings. The van der Waals surface area contributed by atoms with E-state index in [2.05, 4.69) is 114 Å². The van der Waals surface area contributed by atoms with Crippen LogP contribution in [0.5, 0.6) is 0 Å². The minimum absolute atomic E-state index is 0.0454. The lowest BCUT2D eigenvalue weighted by atomic mass is 9.84. The predicted molar refractivity (Wildman–Crippen MR) is 324 cm³/mol. The van der Waals surface area contributed by atoms with Gasteiger partial charge in [-0.25, -0.2) is 0 Å². The standard InChI is InChI=1S/C60H72Cl4N10O10/c1-73-35-49(47-29-45(61)31-53(63)51(47)37-73)41-7-3-5-39(25-41)43-27-55(71-69-33-43)65-9-13-79-17-21-83-23-19-81-15-11-67-59(77)57(75)58(76)60(78)68-12-16-82-20-24-84-22-18-80-14-10-66-56-28-44(34-70-72-56)40-6-4-8-42(26-40)50-36-74(2)38-52-48(50)30-46(62)32-54(52)64/h3-8,25-34,49-50,57-58,75-76H,9-24,35-38H2,1-2H3,(H,65,71)(H,66,72)(H,67,77)(H,68,78)/t49-,50-,57+,58+/m0/s1. The molecule has 84 heavy (non-hydrogen) atoms. The van der Waals surface area contributed by atoms with Crippen molar-refractivity contribution in [1.82, 2.24) is 40.8 Å². The fourth-order valence-electron chi connectivity index (χ4n) is 9.93. The maximum absolute atomic E-state index is 12.3. The van der Waals surface area contributed by atoms with E-state index in [-0.39, 0.29) is 51.4 Å². The van der Waals surface area contributed by atoms with E-state index in [4.69, 9.17) is 74.8 Å². The second-order valence-corrected chi connectivity index (χ2v) is 22.0. The first-order valence-corrected chi connectivity index (χ1v) is 29.4. The number of anilines is 2. The molecule has 0 fully saturated rings. The Balaban J connectivity index is 0.588. The summed E-state index contributed by atoms with van der Waals surface area (Å²) < 4.78 is 33.5. The predicted octanol–water partition coefficient (Wildman–Crippen LogP) is 6.95. The number of nitrogens with zero attached hydrogens (tertiary/aromatic N) is 6. The molecule has 2 aromatic heterocycles. The molecule has 0 spiro atoms. The van der Waals surface area contributed by atoms with Crippen molar-refractivity contribution in [2.75, 3.05) is 143 Å². The number of aliphatic hydroxyl groups excluding tert-OH is 2. The first-order valence-electron chi connectivity index (χ1n) is 27.9. The van der Waals surface area contributed by atoms with Gasteiger partial charge in [-0.3, -0.25) is 9.59 Å². The molecule has 0 saturated carbocycles. The lowest BCUT2D eigenvalue weighted by Gasteiger charge is -2.33. The van der Waals surface area contributed by atoms with Gasteiger partial charge < -0.3 is 69.7 Å². The quantitative estimate of drug-likeness (QED) is 0.0229. The molecule has 0 saturated heterocycles. The van der Waals surface area contributed by atoms with Crippen LogP contribution in [0.25, 0.3) is 22.3 Å². The Morgan fingerprint density at radius 2 is 0.881 bits per heavy atom. The van der Waals surface area contributed by atoms with Crippen molar-refractivity contribution >= 4 is 69.9 Å². The largest absolute Gasteiger partial charge is 0.380 e. The van der Waals surface area contributed by atoms with Crippen LogP contribution in [0.15, 0.2) is 97.3 Å². The topological polar surface area (TPSA) is 236 Å². The minimum atomic E-state index is -1.97. The molecule has 4 aromatic carbocycles. The van der Waals surface area contributed by atoms with E-state index in [0.29, 0.717) is 97.7 Å². The molecule has 20 nitrogen and oxygen atoms in total. The first-order chi connectivity index (χ1) is 40.8. The summed E-state index contributed by atoms with van der Waals surface area (Å²) in [5.41, 5.74) is 10.8. The van der Waals surface area contributed by atoms with Crippen LogP contribution in [0.2, 0.25) is 20.1 Å². The number of aromatic nitrogens is 4. The van der Waals surface area contributed by atoms with Crippen LogP contribution in [0.1, 0.15) is 45.2 Å². The fraction of sp³-hybridized carbons (Fsp3) is 0.433. The normalized spacial score (nSPS) is 15.9. The number of hydrogen-bond donors (Lipinski definition) is 6. The Kier molecular flexibility index (Phi) is 25.5. The Labute approximate surface area is 509 Å². The van der Waals surface area contributed by atoms with Gasteiger partial charge in [-0.2, -0.15) is 10.2 Å². The molecule has 450 valence electrons. The number of amides is 2. The number of halogens is 4. The van der Waals surface area contributed by atoms with Crippen LogP contribution in [0, 0.1) is 0 Å². The summed E-state index contributed by atoms with van der Waals surface area (Å²) in [7, 11) is 4.19. The van der Waals surface area contributed by atoms with Gasteiger partial charge in [0.25, 0.3) is 11.8 Å². The molecule has 0 bridgehead atoms. The van der Waals surface area contributed by atoms with Gasteiger partial charge in [0.15, 0.2) is 12.2 Å². The summed E-state index contributed by atoms with van der Waals surface area (Å²) in [5.74, 6) is -0.339. The average molecular weight is 1240 g/mol. The number of rotatable bonds is 33. The van der Waals surface area contributed by atoms with Crippen molar-refractivity contribution < 1.29 is 48.2 Å². The van der Waals surface area contributed by atoms with Crippen LogP contribution in [-0.4, -0.2) is 197 Å². The highest BCUT2D eigenvalue weighted by molar-refractivity contribution is 6.35. The molecule has 4 heterocycles. The molecular weight excluding hydrogens is 1160 g/mol.